The van der Waals surface area contributed by atoms with E-state index in [0.29, 0.717) is 15.8 Å². The zero-order chi connectivity index (χ0) is 14.5. The monoisotopic (exact) mass is 365 g/mol. The molecule has 1 amide bonds. The maximum Gasteiger partial charge on any atom is 0.266 e. The molecule has 0 spiro atoms. The predicted molar refractivity (Wildman–Crippen MR) is 93.5 cm³/mol. The van der Waals surface area contributed by atoms with E-state index in [2.05, 4.69) is 22.5 Å². The minimum Gasteiger partial charge on any atom is -0.289 e. The SMILES string of the molecule is C=CCN1C(=O)C(=CC(Br)=Cc2ccccc2)SC1=S. The summed E-state index contributed by atoms with van der Waals surface area (Å²) in [6.45, 7) is 4.08. The van der Waals surface area contributed by atoms with Crippen molar-refractivity contribution in [3.63, 3.8) is 0 Å². The van der Waals surface area contributed by atoms with Crippen molar-refractivity contribution in [1.82, 2.24) is 4.90 Å². The zero-order valence-corrected chi connectivity index (χ0v) is 13.8. The Bertz CT molecular complexity index is 608. The minimum atomic E-state index is -0.0710. The van der Waals surface area contributed by atoms with E-state index in [9.17, 15) is 4.79 Å². The molecule has 0 atom stereocenters. The van der Waals surface area contributed by atoms with Gasteiger partial charge in [-0.1, -0.05) is 76.3 Å². The summed E-state index contributed by atoms with van der Waals surface area (Å²) in [6.07, 6.45) is 5.43. The number of hydrogen-bond acceptors (Lipinski definition) is 3. The predicted octanol–water partition coefficient (Wildman–Crippen LogP) is 4.35. The van der Waals surface area contributed by atoms with Gasteiger partial charge in [0.2, 0.25) is 0 Å². The molecule has 1 aromatic carbocycles. The van der Waals surface area contributed by atoms with Crippen LogP contribution in [0.3, 0.4) is 0 Å². The Morgan fingerprint density at radius 1 is 1.40 bits per heavy atom. The summed E-state index contributed by atoms with van der Waals surface area (Å²) in [5.41, 5.74) is 1.07. The Morgan fingerprint density at radius 2 is 2.10 bits per heavy atom. The molecule has 5 heteroatoms. The van der Waals surface area contributed by atoms with Crippen LogP contribution in [-0.4, -0.2) is 21.7 Å². The highest BCUT2D eigenvalue weighted by atomic mass is 79.9. The Balaban J connectivity index is 2.19. The molecule has 102 valence electrons. The Hall–Kier alpha value is -1.17. The fourth-order valence-corrected chi connectivity index (χ4v) is 3.57. The van der Waals surface area contributed by atoms with Crippen molar-refractivity contribution in [2.75, 3.05) is 6.54 Å². The number of carbonyl (C=O) groups is 1. The minimum absolute atomic E-state index is 0.0710. The molecule has 0 saturated carbocycles. The van der Waals surface area contributed by atoms with Crippen LogP contribution in [0, 0.1) is 0 Å². The van der Waals surface area contributed by atoms with Crippen LogP contribution in [0.25, 0.3) is 6.08 Å². The molecule has 0 bridgehead atoms. The molecular formula is C15H12BrNOS2. The highest BCUT2D eigenvalue weighted by molar-refractivity contribution is 9.12. The molecule has 1 fully saturated rings. The summed E-state index contributed by atoms with van der Waals surface area (Å²) in [7, 11) is 0. The van der Waals surface area contributed by atoms with Crippen LogP contribution in [0.4, 0.5) is 0 Å². The number of rotatable bonds is 4. The first-order valence-electron chi connectivity index (χ1n) is 5.90. The molecule has 1 heterocycles. The lowest BCUT2D eigenvalue weighted by atomic mass is 10.2. The first kappa shape index (κ1) is 15.2. The van der Waals surface area contributed by atoms with Crippen LogP contribution < -0.4 is 0 Å². The third-order valence-corrected chi connectivity index (χ3v) is 4.39. The second-order valence-corrected chi connectivity index (χ2v) is 6.61. The lowest BCUT2D eigenvalue weighted by molar-refractivity contribution is -0.121. The molecule has 0 aromatic heterocycles. The first-order chi connectivity index (χ1) is 9.61. The van der Waals surface area contributed by atoms with Crippen molar-refractivity contribution < 1.29 is 4.79 Å². The molecule has 1 aliphatic heterocycles. The van der Waals surface area contributed by atoms with Crippen molar-refractivity contribution in [1.29, 1.82) is 0 Å². The molecule has 0 radical (unpaired) electrons. The lowest BCUT2D eigenvalue weighted by Gasteiger charge is -2.10. The molecule has 0 N–H and O–H groups in total. The van der Waals surface area contributed by atoms with Gasteiger partial charge in [-0.2, -0.15) is 0 Å². The number of benzene rings is 1. The zero-order valence-electron chi connectivity index (χ0n) is 10.6. The highest BCUT2D eigenvalue weighted by Crippen LogP contribution is 2.32. The number of thioether (sulfide) groups is 1. The molecule has 1 aromatic rings. The molecular weight excluding hydrogens is 354 g/mol. The maximum atomic E-state index is 12.1. The van der Waals surface area contributed by atoms with Gasteiger partial charge in [0, 0.05) is 11.0 Å². The average molecular weight is 366 g/mol. The molecule has 0 unspecified atom stereocenters. The van der Waals surface area contributed by atoms with Crippen molar-refractivity contribution >= 4 is 56.2 Å². The third-order valence-electron chi connectivity index (χ3n) is 2.56. The lowest BCUT2D eigenvalue weighted by Crippen LogP contribution is -2.27. The van der Waals surface area contributed by atoms with Crippen molar-refractivity contribution in [2.45, 2.75) is 0 Å². The van der Waals surface area contributed by atoms with Crippen molar-refractivity contribution in [3.05, 3.63) is 64.0 Å². The van der Waals surface area contributed by atoms with Crippen LogP contribution in [0.1, 0.15) is 5.56 Å². The van der Waals surface area contributed by atoms with Gasteiger partial charge in [0.15, 0.2) is 0 Å². The van der Waals surface area contributed by atoms with E-state index in [4.69, 9.17) is 12.2 Å². The number of allylic oxidation sites excluding steroid dienone is 2. The van der Waals surface area contributed by atoms with E-state index in [-0.39, 0.29) is 5.91 Å². The summed E-state index contributed by atoms with van der Waals surface area (Å²) in [5.74, 6) is -0.0710. The Morgan fingerprint density at radius 3 is 2.75 bits per heavy atom. The summed E-state index contributed by atoms with van der Waals surface area (Å²) in [6, 6.07) is 9.90. The quantitative estimate of drug-likeness (QED) is 0.449. The fourth-order valence-electron chi connectivity index (χ4n) is 1.66. The molecule has 20 heavy (non-hydrogen) atoms. The number of nitrogens with zero attached hydrogens (tertiary/aromatic N) is 1. The highest BCUT2D eigenvalue weighted by Gasteiger charge is 2.30. The fraction of sp³-hybridized carbons (Fsp3) is 0.0667. The van der Waals surface area contributed by atoms with Crippen LogP contribution in [0.2, 0.25) is 0 Å². The van der Waals surface area contributed by atoms with Gasteiger partial charge in [0.25, 0.3) is 5.91 Å². The number of amides is 1. The topological polar surface area (TPSA) is 20.3 Å². The third kappa shape index (κ3) is 3.69. The normalized spacial score (nSPS) is 17.9. The number of carbonyl (C=O) groups excluding carboxylic acids is 1. The first-order valence-corrected chi connectivity index (χ1v) is 7.92. The van der Waals surface area contributed by atoms with E-state index in [1.807, 2.05) is 36.4 Å². The van der Waals surface area contributed by atoms with Gasteiger partial charge in [-0.15, -0.1) is 6.58 Å². The van der Waals surface area contributed by atoms with E-state index < -0.39 is 0 Å². The van der Waals surface area contributed by atoms with Crippen LogP contribution in [0.15, 0.2) is 58.5 Å². The second kappa shape index (κ2) is 7.02. The number of hydrogen-bond donors (Lipinski definition) is 0. The van der Waals surface area contributed by atoms with Crippen LogP contribution in [0.5, 0.6) is 0 Å². The van der Waals surface area contributed by atoms with E-state index >= 15 is 0 Å². The van der Waals surface area contributed by atoms with E-state index in [0.717, 1.165) is 10.0 Å². The standard InChI is InChI=1S/C15H12BrNOS2/c1-2-8-17-14(18)13(20-15(17)19)10-12(16)9-11-6-4-3-5-7-11/h2-7,9-10H,1,8H2. The van der Waals surface area contributed by atoms with Gasteiger partial charge >= 0.3 is 0 Å². The van der Waals surface area contributed by atoms with Gasteiger partial charge < -0.3 is 0 Å². The van der Waals surface area contributed by atoms with Gasteiger partial charge in [-0.25, -0.2) is 0 Å². The second-order valence-electron chi connectivity index (χ2n) is 4.02. The van der Waals surface area contributed by atoms with Crippen LogP contribution in [-0.2, 0) is 4.79 Å². The van der Waals surface area contributed by atoms with Gasteiger partial charge in [-0.3, -0.25) is 9.69 Å². The van der Waals surface area contributed by atoms with Crippen molar-refractivity contribution in [3.8, 4) is 0 Å². The summed E-state index contributed by atoms with van der Waals surface area (Å²) >= 11 is 9.97. The smallest absolute Gasteiger partial charge is 0.266 e. The Kier molecular flexibility index (Phi) is 5.34. The van der Waals surface area contributed by atoms with Crippen LogP contribution >= 0.6 is 39.9 Å². The number of thiocarbonyl (C=S) groups is 1. The largest absolute Gasteiger partial charge is 0.289 e. The van der Waals surface area contributed by atoms with Gasteiger partial charge in [-0.05, 0) is 17.7 Å². The molecule has 1 aliphatic rings. The van der Waals surface area contributed by atoms with Gasteiger partial charge in [0.1, 0.15) is 4.32 Å². The Labute approximate surface area is 136 Å². The average Bonchev–Trinajstić information content (AvgIpc) is 2.68. The molecule has 0 aliphatic carbocycles. The van der Waals surface area contributed by atoms with Crippen molar-refractivity contribution in [2.24, 2.45) is 0 Å². The molecule has 1 saturated heterocycles. The van der Waals surface area contributed by atoms with E-state index in [1.165, 1.54) is 11.8 Å². The maximum absolute atomic E-state index is 12.1. The summed E-state index contributed by atoms with van der Waals surface area (Å²) in [4.78, 5) is 14.3. The molecule has 2 rings (SSSR count). The summed E-state index contributed by atoms with van der Waals surface area (Å²) < 4.78 is 1.41. The van der Waals surface area contributed by atoms with E-state index in [1.54, 1.807) is 17.1 Å². The summed E-state index contributed by atoms with van der Waals surface area (Å²) in [5, 5.41) is 0. The number of halogens is 1. The van der Waals surface area contributed by atoms with Gasteiger partial charge in [0.05, 0.1) is 4.91 Å². The molecule has 2 nitrogen and oxygen atoms in total.